The van der Waals surface area contributed by atoms with Gasteiger partial charge in [0.2, 0.25) is 0 Å². The van der Waals surface area contributed by atoms with Gasteiger partial charge in [0, 0.05) is 32.7 Å². The van der Waals surface area contributed by atoms with Crippen molar-refractivity contribution in [3.05, 3.63) is 23.1 Å². The molecule has 0 unspecified atom stereocenters. The van der Waals surface area contributed by atoms with Crippen molar-refractivity contribution in [3.8, 4) is 0 Å². The third kappa shape index (κ3) is 3.25. The maximum absolute atomic E-state index is 12.0. The molecule has 0 bridgehead atoms. The molecule has 0 aliphatic carbocycles. The molecule has 18 heavy (non-hydrogen) atoms. The third-order valence-electron chi connectivity index (χ3n) is 2.97. The van der Waals surface area contributed by atoms with Crippen molar-refractivity contribution in [2.75, 3.05) is 32.7 Å². The van der Waals surface area contributed by atoms with E-state index in [0.717, 1.165) is 13.1 Å². The minimum absolute atomic E-state index is 0.126. The number of carbonyl (C=O) groups is 1. The number of furan rings is 1. The van der Waals surface area contributed by atoms with Gasteiger partial charge in [-0.25, -0.2) is 0 Å². The smallest absolute Gasteiger partial charge is 0.289 e. The van der Waals surface area contributed by atoms with Gasteiger partial charge in [0.25, 0.3) is 5.91 Å². The number of nitrogens with zero attached hydrogens (tertiary/aromatic N) is 2. The molecule has 2 heterocycles. The van der Waals surface area contributed by atoms with Crippen molar-refractivity contribution in [1.82, 2.24) is 9.80 Å². The predicted octanol–water partition coefficient (Wildman–Crippen LogP) is 1.07. The molecule has 1 aliphatic heterocycles. The SMILES string of the molecule is C[C@@H](O)CN1CCN(C(=O)c2ccc(Cl)o2)CC1. The predicted molar refractivity (Wildman–Crippen MR) is 67.7 cm³/mol. The molecule has 1 aliphatic rings. The lowest BCUT2D eigenvalue weighted by atomic mass is 10.2. The number of β-amino-alcohol motifs (C(OH)–C–C–N with tert-alkyl or cyclic N) is 1. The normalized spacial score (nSPS) is 18.9. The Kier molecular flexibility index (Phi) is 4.27. The Morgan fingerprint density at radius 2 is 2.11 bits per heavy atom. The van der Waals surface area contributed by atoms with E-state index in [9.17, 15) is 9.90 Å². The highest BCUT2D eigenvalue weighted by Crippen LogP contribution is 2.16. The van der Waals surface area contributed by atoms with Crippen LogP contribution in [0, 0.1) is 0 Å². The number of piperazine rings is 1. The van der Waals surface area contributed by atoms with Crippen LogP contribution >= 0.6 is 11.6 Å². The maximum atomic E-state index is 12.0. The van der Waals surface area contributed by atoms with E-state index in [2.05, 4.69) is 4.90 Å². The number of aliphatic hydroxyl groups is 1. The van der Waals surface area contributed by atoms with Gasteiger partial charge >= 0.3 is 0 Å². The van der Waals surface area contributed by atoms with E-state index in [4.69, 9.17) is 16.0 Å². The molecule has 6 heteroatoms. The van der Waals surface area contributed by atoms with Crippen LogP contribution in [-0.2, 0) is 0 Å². The van der Waals surface area contributed by atoms with Gasteiger partial charge in [-0.3, -0.25) is 9.69 Å². The fourth-order valence-corrected chi connectivity index (χ4v) is 2.24. The number of aliphatic hydroxyl groups excluding tert-OH is 1. The molecule has 1 fully saturated rings. The standard InChI is InChI=1S/C12H17ClN2O3/c1-9(16)8-14-4-6-15(7-5-14)12(17)10-2-3-11(13)18-10/h2-3,9,16H,4-8H2,1H3/t9-/m1/s1. The Balaban J connectivity index is 1.88. The maximum Gasteiger partial charge on any atom is 0.289 e. The van der Waals surface area contributed by atoms with Crippen molar-refractivity contribution in [2.24, 2.45) is 0 Å². The molecule has 1 N–H and O–H groups in total. The highest BCUT2D eigenvalue weighted by Gasteiger charge is 2.24. The van der Waals surface area contributed by atoms with Gasteiger partial charge in [-0.05, 0) is 30.7 Å². The van der Waals surface area contributed by atoms with Crippen molar-refractivity contribution in [3.63, 3.8) is 0 Å². The summed E-state index contributed by atoms with van der Waals surface area (Å²) in [5.74, 6) is 0.155. The summed E-state index contributed by atoms with van der Waals surface area (Å²) in [6.45, 7) is 5.24. The van der Waals surface area contributed by atoms with Crippen molar-refractivity contribution < 1.29 is 14.3 Å². The zero-order chi connectivity index (χ0) is 13.1. The Morgan fingerprint density at radius 1 is 1.44 bits per heavy atom. The van der Waals surface area contributed by atoms with E-state index in [1.54, 1.807) is 24.0 Å². The topological polar surface area (TPSA) is 56.9 Å². The van der Waals surface area contributed by atoms with Crippen LogP contribution in [0.25, 0.3) is 0 Å². The number of halogens is 1. The summed E-state index contributed by atoms with van der Waals surface area (Å²) in [6.07, 6.45) is -0.337. The zero-order valence-corrected chi connectivity index (χ0v) is 11.1. The highest BCUT2D eigenvalue weighted by atomic mass is 35.5. The van der Waals surface area contributed by atoms with Crippen LogP contribution in [0.4, 0.5) is 0 Å². The van der Waals surface area contributed by atoms with E-state index >= 15 is 0 Å². The molecule has 0 spiro atoms. The van der Waals surface area contributed by atoms with E-state index in [1.807, 2.05) is 0 Å². The Bertz CT molecular complexity index is 411. The van der Waals surface area contributed by atoms with Crippen molar-refractivity contribution in [2.45, 2.75) is 13.0 Å². The fourth-order valence-electron chi connectivity index (χ4n) is 2.09. The van der Waals surface area contributed by atoms with Gasteiger partial charge in [0.1, 0.15) is 0 Å². The summed E-state index contributed by atoms with van der Waals surface area (Å²) in [5, 5.41) is 9.54. The van der Waals surface area contributed by atoms with Gasteiger partial charge in [-0.1, -0.05) is 0 Å². The van der Waals surface area contributed by atoms with Crippen LogP contribution in [0.2, 0.25) is 5.22 Å². The lowest BCUT2D eigenvalue weighted by Crippen LogP contribution is -2.50. The molecule has 1 aromatic heterocycles. The van der Waals surface area contributed by atoms with Crippen LogP contribution in [0.5, 0.6) is 0 Å². The number of rotatable bonds is 3. The molecule has 1 aromatic rings. The minimum atomic E-state index is -0.337. The van der Waals surface area contributed by atoms with Crippen LogP contribution in [0.3, 0.4) is 0 Å². The first-order valence-electron chi connectivity index (χ1n) is 6.01. The Labute approximate surface area is 111 Å². The average Bonchev–Trinajstić information content (AvgIpc) is 2.75. The number of hydrogen-bond acceptors (Lipinski definition) is 4. The largest absolute Gasteiger partial charge is 0.440 e. The van der Waals surface area contributed by atoms with Crippen LogP contribution in [0.1, 0.15) is 17.5 Å². The summed E-state index contributed by atoms with van der Waals surface area (Å²) in [6, 6.07) is 3.16. The molecule has 1 saturated heterocycles. The van der Waals surface area contributed by atoms with Crippen molar-refractivity contribution >= 4 is 17.5 Å². The second-order valence-corrected chi connectivity index (χ2v) is 4.92. The molecule has 1 atom stereocenters. The van der Waals surface area contributed by atoms with Crippen LogP contribution in [-0.4, -0.2) is 59.6 Å². The van der Waals surface area contributed by atoms with E-state index in [1.165, 1.54) is 0 Å². The third-order valence-corrected chi connectivity index (χ3v) is 3.17. The summed E-state index contributed by atoms with van der Waals surface area (Å²) in [7, 11) is 0. The summed E-state index contributed by atoms with van der Waals surface area (Å²) >= 11 is 5.65. The summed E-state index contributed by atoms with van der Waals surface area (Å²) in [5.41, 5.74) is 0. The zero-order valence-electron chi connectivity index (χ0n) is 10.3. The average molecular weight is 273 g/mol. The molecule has 0 aromatic carbocycles. The van der Waals surface area contributed by atoms with Crippen LogP contribution in [0.15, 0.2) is 16.5 Å². The lowest BCUT2D eigenvalue weighted by Gasteiger charge is -2.34. The summed E-state index contributed by atoms with van der Waals surface area (Å²) in [4.78, 5) is 15.9. The summed E-state index contributed by atoms with van der Waals surface area (Å²) < 4.78 is 5.11. The monoisotopic (exact) mass is 272 g/mol. The minimum Gasteiger partial charge on any atom is -0.440 e. The number of hydrogen-bond donors (Lipinski definition) is 1. The molecular weight excluding hydrogens is 256 g/mol. The van der Waals surface area contributed by atoms with Crippen LogP contribution < -0.4 is 0 Å². The van der Waals surface area contributed by atoms with Gasteiger partial charge in [-0.2, -0.15) is 0 Å². The first-order valence-corrected chi connectivity index (χ1v) is 6.39. The molecule has 2 rings (SSSR count). The first kappa shape index (κ1) is 13.4. The molecule has 100 valence electrons. The van der Waals surface area contributed by atoms with Gasteiger partial charge in [-0.15, -0.1) is 0 Å². The Hall–Kier alpha value is -1.04. The van der Waals surface area contributed by atoms with E-state index < -0.39 is 0 Å². The lowest BCUT2D eigenvalue weighted by molar-refractivity contribution is 0.0528. The van der Waals surface area contributed by atoms with Crippen molar-refractivity contribution in [1.29, 1.82) is 0 Å². The molecule has 0 saturated carbocycles. The van der Waals surface area contributed by atoms with Gasteiger partial charge in [0.05, 0.1) is 6.10 Å². The quantitative estimate of drug-likeness (QED) is 0.894. The number of amides is 1. The molecular formula is C12H17ClN2O3. The second-order valence-electron chi connectivity index (χ2n) is 4.55. The Morgan fingerprint density at radius 3 is 2.61 bits per heavy atom. The highest BCUT2D eigenvalue weighted by molar-refractivity contribution is 6.29. The van der Waals surface area contributed by atoms with Gasteiger partial charge < -0.3 is 14.4 Å². The van der Waals surface area contributed by atoms with Gasteiger partial charge in [0.15, 0.2) is 11.0 Å². The molecule has 0 radical (unpaired) electrons. The van der Waals surface area contributed by atoms with E-state index in [0.29, 0.717) is 19.6 Å². The van der Waals surface area contributed by atoms with E-state index in [-0.39, 0.29) is 23.0 Å². The second kappa shape index (κ2) is 5.73. The first-order chi connectivity index (χ1) is 8.56. The fraction of sp³-hybridized carbons (Fsp3) is 0.583. The molecule has 1 amide bonds. The number of carbonyl (C=O) groups excluding carboxylic acids is 1. The molecule has 5 nitrogen and oxygen atoms in total.